The van der Waals surface area contributed by atoms with Gasteiger partial charge >= 0.3 is 11.7 Å². The molecular weight excluding hydrogens is 302 g/mol. The molecule has 0 atom stereocenters. The van der Waals surface area contributed by atoms with Crippen LogP contribution in [0.4, 0.5) is 17.5 Å². The van der Waals surface area contributed by atoms with Crippen molar-refractivity contribution in [3.05, 3.63) is 16.3 Å². The van der Waals surface area contributed by atoms with E-state index in [-0.39, 0.29) is 24.0 Å². The lowest BCUT2D eigenvalue weighted by molar-refractivity contribution is -0.384. The number of nitrogens with zero attached hydrogens (tertiary/aromatic N) is 4. The quantitative estimate of drug-likeness (QED) is 0.474. The molecule has 0 saturated heterocycles. The van der Waals surface area contributed by atoms with Gasteiger partial charge in [-0.15, -0.1) is 0 Å². The number of aromatic nitrogens is 2. The molecule has 0 amide bonds. The predicted octanol–water partition coefficient (Wildman–Crippen LogP) is 1.53. The minimum atomic E-state index is -0.641. The lowest BCUT2D eigenvalue weighted by atomic mass is 10.2. The lowest BCUT2D eigenvalue weighted by Crippen LogP contribution is -2.37. The van der Waals surface area contributed by atoms with Crippen molar-refractivity contribution in [2.24, 2.45) is 5.92 Å². The number of nitrogen functional groups attached to an aromatic ring is 1. The Balaban J connectivity index is 2.16. The number of hydrogen-bond acceptors (Lipinski definition) is 8. The second-order valence-corrected chi connectivity index (χ2v) is 6.61. The number of carbonyl (C=O) groups excluding carboxylic acids is 1. The molecule has 1 aromatic rings. The molecule has 0 aromatic carbocycles. The first-order chi connectivity index (χ1) is 10.7. The van der Waals surface area contributed by atoms with Gasteiger partial charge in [-0.25, -0.2) is 4.98 Å². The van der Waals surface area contributed by atoms with E-state index in [0.717, 1.165) is 19.0 Å². The Morgan fingerprint density at radius 2 is 2.17 bits per heavy atom. The summed E-state index contributed by atoms with van der Waals surface area (Å²) in [5, 5.41) is 10.8. The summed E-state index contributed by atoms with van der Waals surface area (Å²) < 4.78 is 5.31. The highest BCUT2D eigenvalue weighted by Gasteiger charge is 2.29. The fourth-order valence-corrected chi connectivity index (χ4v) is 2.03. The summed E-state index contributed by atoms with van der Waals surface area (Å²) >= 11 is 0. The summed E-state index contributed by atoms with van der Waals surface area (Å²) in [6, 6.07) is 0. The van der Waals surface area contributed by atoms with Crippen molar-refractivity contribution < 1.29 is 14.5 Å². The van der Waals surface area contributed by atoms with E-state index in [4.69, 9.17) is 10.5 Å². The zero-order valence-corrected chi connectivity index (χ0v) is 13.5. The van der Waals surface area contributed by atoms with Crippen LogP contribution in [0.1, 0.15) is 33.6 Å². The molecule has 0 bridgehead atoms. The number of rotatable bonds is 6. The van der Waals surface area contributed by atoms with Gasteiger partial charge in [-0.1, -0.05) is 0 Å². The average molecular weight is 323 g/mol. The third kappa shape index (κ3) is 5.04. The van der Waals surface area contributed by atoms with E-state index < -0.39 is 16.5 Å². The second kappa shape index (κ2) is 6.35. The molecule has 2 rings (SSSR count). The van der Waals surface area contributed by atoms with Crippen LogP contribution >= 0.6 is 0 Å². The summed E-state index contributed by atoms with van der Waals surface area (Å²) in [6.07, 6.45) is 3.22. The molecule has 0 aliphatic heterocycles. The maximum atomic E-state index is 12.0. The van der Waals surface area contributed by atoms with Crippen LogP contribution in [-0.2, 0) is 9.53 Å². The van der Waals surface area contributed by atoms with Gasteiger partial charge in [0, 0.05) is 6.54 Å². The highest BCUT2D eigenvalue weighted by Crippen LogP contribution is 2.31. The normalized spacial score (nSPS) is 14.4. The van der Waals surface area contributed by atoms with Gasteiger partial charge in [0.1, 0.15) is 18.3 Å². The smallest absolute Gasteiger partial charge is 0.329 e. The Labute approximate surface area is 134 Å². The Bertz CT molecular complexity index is 610. The molecule has 23 heavy (non-hydrogen) atoms. The number of nitrogens with two attached hydrogens (primary N) is 1. The number of anilines is 2. The van der Waals surface area contributed by atoms with Gasteiger partial charge in [-0.2, -0.15) is 4.98 Å². The van der Waals surface area contributed by atoms with Crippen LogP contribution < -0.4 is 10.6 Å². The first kappa shape index (κ1) is 16.9. The van der Waals surface area contributed by atoms with Crippen molar-refractivity contribution >= 4 is 23.4 Å². The minimum Gasteiger partial charge on any atom is -0.459 e. The molecular formula is C14H21N5O4. The van der Waals surface area contributed by atoms with Crippen molar-refractivity contribution in [2.45, 2.75) is 39.2 Å². The molecule has 1 aliphatic rings. The van der Waals surface area contributed by atoms with E-state index in [0.29, 0.717) is 12.5 Å². The molecule has 0 spiro atoms. The molecule has 0 radical (unpaired) electrons. The van der Waals surface area contributed by atoms with Crippen LogP contribution in [-0.4, -0.2) is 39.6 Å². The van der Waals surface area contributed by atoms with Crippen LogP contribution in [0.3, 0.4) is 0 Å². The molecule has 126 valence electrons. The Morgan fingerprint density at radius 1 is 1.52 bits per heavy atom. The summed E-state index contributed by atoms with van der Waals surface area (Å²) in [6.45, 7) is 5.94. The molecule has 1 saturated carbocycles. The van der Waals surface area contributed by atoms with E-state index in [2.05, 4.69) is 9.97 Å². The maximum absolute atomic E-state index is 12.0. The van der Waals surface area contributed by atoms with Gasteiger partial charge in [0.15, 0.2) is 0 Å². The van der Waals surface area contributed by atoms with Gasteiger partial charge in [0.25, 0.3) is 0 Å². The monoisotopic (exact) mass is 323 g/mol. The fraction of sp³-hybridized carbons (Fsp3) is 0.643. The molecule has 0 unspecified atom stereocenters. The second-order valence-electron chi connectivity index (χ2n) is 6.61. The van der Waals surface area contributed by atoms with Gasteiger partial charge in [-0.3, -0.25) is 14.9 Å². The minimum absolute atomic E-state index is 0.0228. The largest absolute Gasteiger partial charge is 0.459 e. The molecule has 1 heterocycles. The van der Waals surface area contributed by atoms with Gasteiger partial charge in [0.2, 0.25) is 11.8 Å². The van der Waals surface area contributed by atoms with E-state index in [9.17, 15) is 14.9 Å². The van der Waals surface area contributed by atoms with Gasteiger partial charge in [0.05, 0.1) is 4.92 Å². The van der Waals surface area contributed by atoms with Crippen molar-refractivity contribution in [3.63, 3.8) is 0 Å². The van der Waals surface area contributed by atoms with E-state index in [1.54, 1.807) is 25.7 Å². The van der Waals surface area contributed by atoms with Crippen LogP contribution in [0.2, 0.25) is 0 Å². The fourth-order valence-electron chi connectivity index (χ4n) is 2.03. The molecule has 1 aliphatic carbocycles. The Morgan fingerprint density at radius 3 is 2.65 bits per heavy atom. The lowest BCUT2D eigenvalue weighted by Gasteiger charge is -2.25. The number of hydrogen-bond donors (Lipinski definition) is 1. The van der Waals surface area contributed by atoms with Gasteiger partial charge < -0.3 is 15.4 Å². The first-order valence-electron chi connectivity index (χ1n) is 7.39. The predicted molar refractivity (Wildman–Crippen MR) is 83.9 cm³/mol. The summed E-state index contributed by atoms with van der Waals surface area (Å²) in [4.78, 5) is 31.8. The highest BCUT2D eigenvalue weighted by molar-refractivity contribution is 5.75. The van der Waals surface area contributed by atoms with Crippen molar-refractivity contribution in [1.82, 2.24) is 9.97 Å². The van der Waals surface area contributed by atoms with E-state index in [1.807, 2.05) is 0 Å². The molecule has 2 N–H and O–H groups in total. The van der Waals surface area contributed by atoms with Crippen LogP contribution in [0.25, 0.3) is 0 Å². The zero-order valence-electron chi connectivity index (χ0n) is 13.5. The third-order valence-corrected chi connectivity index (χ3v) is 3.18. The summed E-state index contributed by atoms with van der Waals surface area (Å²) in [5.41, 5.74) is 4.67. The van der Waals surface area contributed by atoms with Gasteiger partial charge in [-0.05, 0) is 39.5 Å². The van der Waals surface area contributed by atoms with Crippen molar-refractivity contribution in [2.75, 3.05) is 23.7 Å². The number of carbonyl (C=O) groups is 1. The topological polar surface area (TPSA) is 124 Å². The van der Waals surface area contributed by atoms with Crippen molar-refractivity contribution in [1.29, 1.82) is 0 Å². The number of nitro groups is 1. The standard InChI is InChI=1S/C14H21N5O4/c1-14(2,3)23-11(20)8-18(7-9-4-5-9)13-16-6-10(19(21)22)12(15)17-13/h6,9H,4-5,7-8H2,1-3H3,(H2,15,16,17). The highest BCUT2D eigenvalue weighted by atomic mass is 16.6. The molecule has 9 nitrogen and oxygen atoms in total. The molecule has 9 heteroatoms. The van der Waals surface area contributed by atoms with E-state index in [1.165, 1.54) is 0 Å². The maximum Gasteiger partial charge on any atom is 0.329 e. The molecule has 1 aromatic heterocycles. The summed E-state index contributed by atoms with van der Waals surface area (Å²) in [5.74, 6) is 0.0481. The first-order valence-corrected chi connectivity index (χ1v) is 7.39. The van der Waals surface area contributed by atoms with E-state index >= 15 is 0 Å². The summed E-state index contributed by atoms with van der Waals surface area (Å²) in [7, 11) is 0. The zero-order chi connectivity index (χ0) is 17.2. The Hall–Kier alpha value is -2.45. The third-order valence-electron chi connectivity index (χ3n) is 3.18. The van der Waals surface area contributed by atoms with Crippen LogP contribution in [0, 0.1) is 16.0 Å². The van der Waals surface area contributed by atoms with Crippen LogP contribution in [0.15, 0.2) is 6.20 Å². The Kier molecular flexibility index (Phi) is 4.67. The van der Waals surface area contributed by atoms with Crippen LogP contribution in [0.5, 0.6) is 0 Å². The number of ether oxygens (including phenoxy) is 1. The van der Waals surface area contributed by atoms with Crippen molar-refractivity contribution in [3.8, 4) is 0 Å². The average Bonchev–Trinajstić information content (AvgIpc) is 3.19. The SMILES string of the molecule is CC(C)(C)OC(=O)CN(CC1CC1)c1ncc([N+](=O)[O-])c(N)n1. The number of esters is 1. The molecule has 1 fully saturated rings.